The van der Waals surface area contributed by atoms with E-state index >= 15 is 0 Å². The monoisotopic (exact) mass is 500 g/mol. The first kappa shape index (κ1) is 22.7. The van der Waals surface area contributed by atoms with Gasteiger partial charge in [0.1, 0.15) is 11.9 Å². The molecule has 178 valence electrons. The van der Waals surface area contributed by atoms with E-state index in [1.54, 1.807) is 50.0 Å². The Morgan fingerprint density at radius 2 is 1.91 bits per heavy atom. The summed E-state index contributed by atoms with van der Waals surface area (Å²) in [6.07, 6.45) is 8.48. The summed E-state index contributed by atoms with van der Waals surface area (Å²) < 4.78 is 32.5. The summed E-state index contributed by atoms with van der Waals surface area (Å²) >= 11 is 1.16. The van der Waals surface area contributed by atoms with Crippen LogP contribution in [0.1, 0.15) is 45.2 Å². The Morgan fingerprint density at radius 3 is 2.59 bits per heavy atom. The highest BCUT2D eigenvalue weighted by atomic mass is 32.2. The van der Waals surface area contributed by atoms with Gasteiger partial charge in [0.25, 0.3) is 0 Å². The van der Waals surface area contributed by atoms with Crippen molar-refractivity contribution < 1.29 is 17.9 Å². The highest BCUT2D eigenvalue weighted by molar-refractivity contribution is 7.93. The van der Waals surface area contributed by atoms with Crippen LogP contribution in [0.2, 0.25) is 0 Å². The molecule has 5 rings (SSSR count). The van der Waals surface area contributed by atoms with Crippen LogP contribution in [0, 0.1) is 0 Å². The number of carbonyl (C=O) groups excluding carboxylic acids is 1. The molecule has 0 aliphatic heterocycles. The zero-order chi connectivity index (χ0) is 23.9. The standard InChI is InChI=1S/C22H24N6O4S2/c1-22(2,17-12-33-21(26-17)28-34(30,31)15-6-7-15)20(29)27-18-8-3-13(9-24-18)16-10-23-11-19(25-16)32-14-4-5-14/h3,8-12,14-15H,4-7H2,1-2H3,(H,26,28)(H,24,27,29). The van der Waals surface area contributed by atoms with Crippen molar-refractivity contribution in [3.05, 3.63) is 41.8 Å². The molecule has 0 spiro atoms. The summed E-state index contributed by atoms with van der Waals surface area (Å²) in [6.45, 7) is 3.46. The Kier molecular flexibility index (Phi) is 5.72. The first-order valence-corrected chi connectivity index (χ1v) is 13.4. The lowest BCUT2D eigenvalue weighted by Gasteiger charge is -2.21. The Balaban J connectivity index is 1.24. The maximum atomic E-state index is 13.0. The van der Waals surface area contributed by atoms with Crippen molar-refractivity contribution in [3.63, 3.8) is 0 Å². The van der Waals surface area contributed by atoms with E-state index in [1.165, 1.54) is 0 Å². The second-order valence-electron chi connectivity index (χ2n) is 8.96. The number of pyridine rings is 1. The Morgan fingerprint density at radius 1 is 1.12 bits per heavy atom. The molecule has 34 heavy (non-hydrogen) atoms. The second kappa shape index (κ2) is 8.58. The van der Waals surface area contributed by atoms with E-state index < -0.39 is 15.4 Å². The van der Waals surface area contributed by atoms with Gasteiger partial charge in [-0.1, -0.05) is 0 Å². The van der Waals surface area contributed by atoms with E-state index in [2.05, 4.69) is 30.0 Å². The van der Waals surface area contributed by atoms with Crippen LogP contribution in [0.5, 0.6) is 5.88 Å². The highest BCUT2D eigenvalue weighted by Crippen LogP contribution is 2.33. The van der Waals surface area contributed by atoms with Crippen molar-refractivity contribution in [1.29, 1.82) is 0 Å². The van der Waals surface area contributed by atoms with Gasteiger partial charge in [0.2, 0.25) is 21.8 Å². The Bertz CT molecular complexity index is 1320. The fourth-order valence-electron chi connectivity index (χ4n) is 3.10. The molecule has 2 saturated carbocycles. The quantitative estimate of drug-likeness (QED) is 0.456. The SMILES string of the molecule is CC(C)(C(=O)Nc1ccc(-c2cncc(OC3CC3)n2)cn1)c1csc(NS(=O)(=O)C2CC2)n1. The van der Waals surface area contributed by atoms with Gasteiger partial charge in [-0.05, 0) is 51.7 Å². The molecule has 2 fully saturated rings. The lowest BCUT2D eigenvalue weighted by molar-refractivity contribution is -0.120. The summed E-state index contributed by atoms with van der Waals surface area (Å²) in [5.74, 6) is 0.556. The van der Waals surface area contributed by atoms with E-state index in [9.17, 15) is 13.2 Å². The third kappa shape index (κ3) is 5.02. The average molecular weight is 501 g/mol. The summed E-state index contributed by atoms with van der Waals surface area (Å²) in [6, 6.07) is 3.49. The molecule has 12 heteroatoms. The number of nitrogens with one attached hydrogen (secondary N) is 2. The average Bonchev–Trinajstić information content (AvgIpc) is 3.74. The van der Waals surface area contributed by atoms with Crippen LogP contribution in [-0.2, 0) is 20.2 Å². The lowest BCUT2D eigenvalue weighted by atomic mass is 9.89. The maximum Gasteiger partial charge on any atom is 0.237 e. The molecule has 0 atom stereocenters. The number of ether oxygens (including phenoxy) is 1. The van der Waals surface area contributed by atoms with E-state index in [0.29, 0.717) is 35.9 Å². The van der Waals surface area contributed by atoms with E-state index in [4.69, 9.17) is 4.74 Å². The van der Waals surface area contributed by atoms with Crippen LogP contribution >= 0.6 is 11.3 Å². The Hall–Kier alpha value is -3.12. The predicted octanol–water partition coefficient (Wildman–Crippen LogP) is 3.36. The lowest BCUT2D eigenvalue weighted by Crippen LogP contribution is -2.35. The van der Waals surface area contributed by atoms with Crippen molar-refractivity contribution in [1.82, 2.24) is 19.9 Å². The second-order valence-corrected chi connectivity index (χ2v) is 11.8. The molecule has 10 nitrogen and oxygen atoms in total. The Labute approximate surface area is 201 Å². The number of nitrogens with zero attached hydrogens (tertiary/aromatic N) is 4. The third-order valence-electron chi connectivity index (χ3n) is 5.63. The number of amides is 1. The summed E-state index contributed by atoms with van der Waals surface area (Å²) in [7, 11) is -3.40. The molecule has 2 aliphatic rings. The molecule has 3 aromatic rings. The van der Waals surface area contributed by atoms with Crippen LogP contribution in [0.25, 0.3) is 11.3 Å². The van der Waals surface area contributed by atoms with Crippen LogP contribution in [0.4, 0.5) is 10.9 Å². The van der Waals surface area contributed by atoms with Crippen molar-refractivity contribution in [2.45, 2.75) is 56.3 Å². The number of hydrogen-bond donors (Lipinski definition) is 2. The van der Waals surface area contributed by atoms with Gasteiger partial charge in [-0.3, -0.25) is 14.5 Å². The maximum absolute atomic E-state index is 13.0. The summed E-state index contributed by atoms with van der Waals surface area (Å²) in [5, 5.41) is 4.42. The van der Waals surface area contributed by atoms with Crippen molar-refractivity contribution in [2.75, 3.05) is 10.0 Å². The smallest absolute Gasteiger partial charge is 0.237 e. The first-order chi connectivity index (χ1) is 16.2. The number of carbonyl (C=O) groups is 1. The normalized spacial score (nSPS) is 16.2. The number of rotatable bonds is 9. The molecular weight excluding hydrogens is 476 g/mol. The van der Waals surface area contributed by atoms with Gasteiger partial charge in [0.05, 0.1) is 34.4 Å². The van der Waals surface area contributed by atoms with Gasteiger partial charge in [0, 0.05) is 17.1 Å². The van der Waals surface area contributed by atoms with E-state index in [1.807, 2.05) is 0 Å². The van der Waals surface area contributed by atoms with Gasteiger partial charge in [-0.15, -0.1) is 11.3 Å². The molecule has 0 aromatic carbocycles. The topological polar surface area (TPSA) is 136 Å². The largest absolute Gasteiger partial charge is 0.473 e. The molecular formula is C22H24N6O4S2. The highest BCUT2D eigenvalue weighted by Gasteiger charge is 2.37. The minimum atomic E-state index is -3.40. The van der Waals surface area contributed by atoms with Crippen molar-refractivity contribution in [3.8, 4) is 17.1 Å². The zero-order valence-corrected chi connectivity index (χ0v) is 20.3. The minimum absolute atomic E-state index is 0.232. The van der Waals surface area contributed by atoms with Crippen molar-refractivity contribution >= 4 is 38.2 Å². The summed E-state index contributed by atoms with van der Waals surface area (Å²) in [5.41, 5.74) is 0.855. The summed E-state index contributed by atoms with van der Waals surface area (Å²) in [4.78, 5) is 30.3. The fraction of sp³-hybridized carbons (Fsp3) is 0.409. The van der Waals surface area contributed by atoms with Gasteiger partial charge in [0.15, 0.2) is 5.13 Å². The molecule has 0 saturated heterocycles. The van der Waals surface area contributed by atoms with Crippen molar-refractivity contribution in [2.24, 2.45) is 0 Å². The number of thiazole rings is 1. The molecule has 1 amide bonds. The van der Waals surface area contributed by atoms with Gasteiger partial charge < -0.3 is 10.1 Å². The number of aromatic nitrogens is 4. The molecule has 0 unspecified atom stereocenters. The molecule has 3 aromatic heterocycles. The number of sulfonamides is 1. The van der Waals surface area contributed by atoms with Crippen LogP contribution < -0.4 is 14.8 Å². The zero-order valence-electron chi connectivity index (χ0n) is 18.7. The fourth-order valence-corrected chi connectivity index (χ4v) is 5.57. The van der Waals surface area contributed by atoms with Crippen LogP contribution in [-0.4, -0.2) is 45.6 Å². The minimum Gasteiger partial charge on any atom is -0.473 e. The van der Waals surface area contributed by atoms with Gasteiger partial charge >= 0.3 is 0 Å². The molecule has 2 N–H and O–H groups in total. The molecule has 0 bridgehead atoms. The molecule has 2 aliphatic carbocycles. The van der Waals surface area contributed by atoms with Crippen LogP contribution in [0.3, 0.4) is 0 Å². The number of anilines is 2. The molecule has 0 radical (unpaired) electrons. The van der Waals surface area contributed by atoms with E-state index in [-0.39, 0.29) is 22.4 Å². The van der Waals surface area contributed by atoms with Gasteiger partial charge in [-0.25, -0.2) is 23.4 Å². The first-order valence-electron chi connectivity index (χ1n) is 10.9. The molecule has 3 heterocycles. The third-order valence-corrected chi connectivity index (χ3v) is 8.34. The predicted molar refractivity (Wildman–Crippen MR) is 128 cm³/mol. The van der Waals surface area contributed by atoms with E-state index in [0.717, 1.165) is 29.7 Å². The van der Waals surface area contributed by atoms with Crippen LogP contribution in [0.15, 0.2) is 36.1 Å². The van der Waals surface area contributed by atoms with Gasteiger partial charge in [-0.2, -0.15) is 0 Å². The number of hydrogen-bond acceptors (Lipinski definition) is 9.